The Morgan fingerprint density at radius 2 is 1.91 bits per heavy atom. The Morgan fingerprint density at radius 3 is 2.36 bits per heavy atom. The van der Waals surface area contributed by atoms with Crippen LogP contribution >= 0.6 is 0 Å². The molecule has 0 radical (unpaired) electrons. The molecule has 1 heterocycles. The van der Waals surface area contributed by atoms with E-state index in [1.54, 1.807) is 0 Å². The lowest BCUT2D eigenvalue weighted by molar-refractivity contribution is 0.722. The van der Waals surface area contributed by atoms with Gasteiger partial charge in [0.05, 0.1) is 0 Å². The number of hydrogen-bond donors (Lipinski definition) is 0. The van der Waals surface area contributed by atoms with Crippen molar-refractivity contribution >= 4 is 0 Å². The van der Waals surface area contributed by atoms with E-state index in [1.807, 2.05) is 0 Å². The molecule has 0 saturated carbocycles. The molecule has 0 atom stereocenters. The molecular formula is C10H13N. The van der Waals surface area contributed by atoms with E-state index in [0.29, 0.717) is 0 Å². The van der Waals surface area contributed by atoms with Gasteiger partial charge in [-0.25, -0.2) is 0 Å². The number of aryl methyl sites for hydroxylation is 3. The van der Waals surface area contributed by atoms with Gasteiger partial charge in [-0.05, 0) is 25.0 Å². The second-order valence-corrected chi connectivity index (χ2v) is 2.82. The fourth-order valence-corrected chi connectivity index (χ4v) is 1.06. The maximum Gasteiger partial charge on any atom is 0.0329 e. The van der Waals surface area contributed by atoms with Crippen molar-refractivity contribution in [2.24, 2.45) is 0 Å². The van der Waals surface area contributed by atoms with Crippen molar-refractivity contribution in [1.82, 2.24) is 4.57 Å². The van der Waals surface area contributed by atoms with Crippen molar-refractivity contribution in [3.63, 3.8) is 0 Å². The van der Waals surface area contributed by atoms with Crippen molar-refractivity contribution in [1.29, 1.82) is 0 Å². The smallest absolute Gasteiger partial charge is 0.0329 e. The molecule has 1 aromatic heterocycles. The standard InChI is InChI=1S/C10H13N/c1-4-5-6-11-7-9(2)10(3)8-11/h1,7-8H,5-6H2,2-3H3. The van der Waals surface area contributed by atoms with Crippen LogP contribution in [0.3, 0.4) is 0 Å². The highest BCUT2D eigenvalue weighted by molar-refractivity contribution is 5.20. The lowest BCUT2D eigenvalue weighted by atomic mass is 10.2. The molecule has 1 rings (SSSR count). The Bertz CT molecular complexity index is 256. The van der Waals surface area contributed by atoms with Crippen molar-refractivity contribution in [3.05, 3.63) is 23.5 Å². The van der Waals surface area contributed by atoms with Crippen molar-refractivity contribution in [2.45, 2.75) is 26.8 Å². The summed E-state index contributed by atoms with van der Waals surface area (Å²) in [6.45, 7) is 5.16. The Kier molecular flexibility index (Phi) is 2.38. The van der Waals surface area contributed by atoms with Gasteiger partial charge in [-0.2, -0.15) is 0 Å². The highest BCUT2D eigenvalue weighted by Crippen LogP contribution is 2.07. The zero-order valence-corrected chi connectivity index (χ0v) is 7.09. The summed E-state index contributed by atoms with van der Waals surface area (Å²) in [5.74, 6) is 2.62. The predicted octanol–water partition coefficient (Wildman–Crippen LogP) is 2.13. The van der Waals surface area contributed by atoms with Gasteiger partial charge >= 0.3 is 0 Å². The normalized spacial score (nSPS) is 9.55. The SMILES string of the molecule is C#CCCn1cc(C)c(C)c1. The van der Waals surface area contributed by atoms with E-state index in [9.17, 15) is 0 Å². The molecule has 1 heteroatoms. The zero-order chi connectivity index (χ0) is 8.27. The summed E-state index contributed by atoms with van der Waals surface area (Å²) >= 11 is 0. The Hall–Kier alpha value is -1.16. The van der Waals surface area contributed by atoms with Crippen LogP contribution < -0.4 is 0 Å². The predicted molar refractivity (Wildman–Crippen MR) is 47.4 cm³/mol. The summed E-state index contributed by atoms with van der Waals surface area (Å²) in [7, 11) is 0. The highest BCUT2D eigenvalue weighted by atomic mass is 14.9. The molecule has 11 heavy (non-hydrogen) atoms. The molecule has 1 nitrogen and oxygen atoms in total. The lowest BCUT2D eigenvalue weighted by Crippen LogP contribution is -1.91. The molecule has 0 aromatic carbocycles. The Labute approximate surface area is 68.0 Å². The first-order valence-electron chi connectivity index (χ1n) is 3.80. The summed E-state index contributed by atoms with van der Waals surface area (Å²) in [6, 6.07) is 0. The maximum atomic E-state index is 5.16. The van der Waals surface area contributed by atoms with Crippen LogP contribution in [-0.4, -0.2) is 4.57 Å². The fourth-order valence-electron chi connectivity index (χ4n) is 1.06. The molecule has 0 unspecified atom stereocenters. The van der Waals surface area contributed by atoms with Crippen molar-refractivity contribution < 1.29 is 0 Å². The minimum atomic E-state index is 0.813. The highest BCUT2D eigenvalue weighted by Gasteiger charge is 1.95. The first-order valence-corrected chi connectivity index (χ1v) is 3.80. The van der Waals surface area contributed by atoms with Gasteiger partial charge < -0.3 is 4.57 Å². The average Bonchev–Trinajstić information content (AvgIpc) is 2.28. The molecule has 0 aliphatic rings. The third kappa shape index (κ3) is 1.88. The first kappa shape index (κ1) is 7.94. The van der Waals surface area contributed by atoms with Crippen LogP contribution in [0, 0.1) is 26.2 Å². The Balaban J connectivity index is 2.67. The third-order valence-electron chi connectivity index (χ3n) is 1.86. The number of rotatable bonds is 2. The van der Waals surface area contributed by atoms with E-state index in [4.69, 9.17) is 6.42 Å². The van der Waals surface area contributed by atoms with Gasteiger partial charge in [-0.15, -0.1) is 12.3 Å². The fraction of sp³-hybridized carbons (Fsp3) is 0.400. The van der Waals surface area contributed by atoms with Crippen LogP contribution in [0.25, 0.3) is 0 Å². The van der Waals surface area contributed by atoms with Gasteiger partial charge in [-0.1, -0.05) is 0 Å². The minimum absolute atomic E-state index is 0.813. The van der Waals surface area contributed by atoms with E-state index in [1.165, 1.54) is 11.1 Å². The number of nitrogens with zero attached hydrogens (tertiary/aromatic N) is 1. The van der Waals surface area contributed by atoms with Gasteiger partial charge in [0.25, 0.3) is 0 Å². The number of hydrogen-bond acceptors (Lipinski definition) is 0. The van der Waals surface area contributed by atoms with Gasteiger partial charge in [0.2, 0.25) is 0 Å². The summed E-state index contributed by atoms with van der Waals surface area (Å²) in [5.41, 5.74) is 2.67. The van der Waals surface area contributed by atoms with Crippen molar-refractivity contribution in [2.75, 3.05) is 0 Å². The van der Waals surface area contributed by atoms with E-state index >= 15 is 0 Å². The summed E-state index contributed by atoms with van der Waals surface area (Å²) in [6.07, 6.45) is 10.2. The molecule has 0 fully saturated rings. The van der Waals surface area contributed by atoms with E-state index in [2.05, 4.69) is 36.7 Å². The second-order valence-electron chi connectivity index (χ2n) is 2.82. The molecular weight excluding hydrogens is 134 g/mol. The molecule has 58 valence electrons. The summed E-state index contributed by atoms with van der Waals surface area (Å²) in [5, 5.41) is 0. The van der Waals surface area contributed by atoms with Crippen LogP contribution in [0.2, 0.25) is 0 Å². The van der Waals surface area contributed by atoms with Crippen LogP contribution in [0.5, 0.6) is 0 Å². The second kappa shape index (κ2) is 3.30. The number of aromatic nitrogens is 1. The average molecular weight is 147 g/mol. The van der Waals surface area contributed by atoms with Gasteiger partial charge in [-0.3, -0.25) is 0 Å². The molecule has 0 bridgehead atoms. The quantitative estimate of drug-likeness (QED) is 0.565. The van der Waals surface area contributed by atoms with Crippen LogP contribution in [0.1, 0.15) is 17.5 Å². The first-order chi connectivity index (χ1) is 5.24. The molecule has 1 aromatic rings. The van der Waals surface area contributed by atoms with Gasteiger partial charge in [0.1, 0.15) is 0 Å². The minimum Gasteiger partial charge on any atom is -0.353 e. The molecule has 0 N–H and O–H groups in total. The van der Waals surface area contributed by atoms with E-state index < -0.39 is 0 Å². The largest absolute Gasteiger partial charge is 0.353 e. The molecule has 0 spiro atoms. The van der Waals surface area contributed by atoms with Crippen LogP contribution in [-0.2, 0) is 6.54 Å². The topological polar surface area (TPSA) is 4.93 Å². The van der Waals surface area contributed by atoms with Crippen molar-refractivity contribution in [3.8, 4) is 12.3 Å². The lowest BCUT2D eigenvalue weighted by Gasteiger charge is -1.95. The van der Waals surface area contributed by atoms with Crippen LogP contribution in [0.4, 0.5) is 0 Å². The third-order valence-corrected chi connectivity index (χ3v) is 1.86. The monoisotopic (exact) mass is 147 g/mol. The molecule has 0 aliphatic heterocycles. The number of terminal acetylenes is 1. The van der Waals surface area contributed by atoms with Crippen LogP contribution in [0.15, 0.2) is 12.4 Å². The van der Waals surface area contributed by atoms with Gasteiger partial charge in [0.15, 0.2) is 0 Å². The summed E-state index contributed by atoms with van der Waals surface area (Å²) in [4.78, 5) is 0. The maximum absolute atomic E-state index is 5.16. The Morgan fingerprint density at radius 1 is 1.36 bits per heavy atom. The van der Waals surface area contributed by atoms with E-state index in [0.717, 1.165) is 13.0 Å². The summed E-state index contributed by atoms with van der Waals surface area (Å²) < 4.78 is 2.14. The van der Waals surface area contributed by atoms with E-state index in [-0.39, 0.29) is 0 Å². The molecule has 0 aliphatic carbocycles. The molecule has 0 amide bonds. The zero-order valence-electron chi connectivity index (χ0n) is 7.09. The van der Waals surface area contributed by atoms with Gasteiger partial charge in [0, 0.05) is 25.4 Å². The molecule has 0 saturated heterocycles.